The molecule has 0 atom stereocenters. The van der Waals surface area contributed by atoms with Gasteiger partial charge in [0.2, 0.25) is 0 Å². The van der Waals surface area contributed by atoms with Crippen molar-refractivity contribution in [2.75, 3.05) is 0 Å². The zero-order valence-electron chi connectivity index (χ0n) is 8.60. The van der Waals surface area contributed by atoms with Gasteiger partial charge in [0.25, 0.3) is 0 Å². The second-order valence-electron chi connectivity index (χ2n) is 4.46. The normalized spacial score (nSPS) is 22.0. The van der Waals surface area contributed by atoms with Crippen LogP contribution < -0.4 is 5.73 Å². The number of nitrogens with two attached hydrogens (primary N) is 1. The van der Waals surface area contributed by atoms with Gasteiger partial charge in [0.15, 0.2) is 0 Å². The molecule has 12 heavy (non-hydrogen) atoms. The van der Waals surface area contributed by atoms with E-state index in [2.05, 4.69) is 13.8 Å². The van der Waals surface area contributed by atoms with Crippen molar-refractivity contribution >= 4 is 0 Å². The minimum Gasteiger partial charge on any atom is -0.325 e. The number of rotatable bonds is 4. The van der Waals surface area contributed by atoms with Gasteiger partial charge >= 0.3 is 0 Å². The molecule has 0 unspecified atom stereocenters. The summed E-state index contributed by atoms with van der Waals surface area (Å²) < 4.78 is 0. The third-order valence-electron chi connectivity index (χ3n) is 3.45. The van der Waals surface area contributed by atoms with E-state index in [4.69, 9.17) is 5.73 Å². The van der Waals surface area contributed by atoms with Crippen LogP contribution in [0, 0.1) is 5.92 Å². The maximum Gasteiger partial charge on any atom is 0.0157 e. The van der Waals surface area contributed by atoms with E-state index in [9.17, 15) is 0 Å². The van der Waals surface area contributed by atoms with Crippen LogP contribution in [0.4, 0.5) is 0 Å². The van der Waals surface area contributed by atoms with Crippen LogP contribution in [0.2, 0.25) is 0 Å². The largest absolute Gasteiger partial charge is 0.325 e. The van der Waals surface area contributed by atoms with Gasteiger partial charge in [0.1, 0.15) is 0 Å². The van der Waals surface area contributed by atoms with Crippen LogP contribution in [0.5, 0.6) is 0 Å². The number of hydrogen-bond acceptors (Lipinski definition) is 1. The highest BCUT2D eigenvalue weighted by atomic mass is 14.7. The number of hydrogen-bond donors (Lipinski definition) is 1. The lowest BCUT2D eigenvalue weighted by molar-refractivity contribution is 0.308. The standard InChI is InChI=1S/C11H23N/c1-3-10(4-2)9-11(12)7-5-6-8-11/h10H,3-9,12H2,1-2H3. The van der Waals surface area contributed by atoms with E-state index >= 15 is 0 Å². The van der Waals surface area contributed by atoms with Crippen molar-refractivity contribution in [3.8, 4) is 0 Å². The first-order valence-corrected chi connectivity index (χ1v) is 5.49. The summed E-state index contributed by atoms with van der Waals surface area (Å²) in [5.41, 5.74) is 6.53. The van der Waals surface area contributed by atoms with Crippen molar-refractivity contribution in [3.05, 3.63) is 0 Å². The Hall–Kier alpha value is -0.0400. The highest BCUT2D eigenvalue weighted by Gasteiger charge is 2.30. The average Bonchev–Trinajstić information content (AvgIpc) is 2.48. The van der Waals surface area contributed by atoms with Crippen LogP contribution in [0.1, 0.15) is 58.8 Å². The van der Waals surface area contributed by atoms with Crippen LogP contribution in [0.15, 0.2) is 0 Å². The van der Waals surface area contributed by atoms with Gasteiger partial charge in [0.05, 0.1) is 0 Å². The van der Waals surface area contributed by atoms with Gasteiger partial charge in [0, 0.05) is 5.54 Å². The molecular weight excluding hydrogens is 146 g/mol. The van der Waals surface area contributed by atoms with E-state index in [-0.39, 0.29) is 5.54 Å². The quantitative estimate of drug-likeness (QED) is 0.687. The molecule has 0 aromatic heterocycles. The van der Waals surface area contributed by atoms with E-state index in [0.717, 1.165) is 5.92 Å². The second-order valence-corrected chi connectivity index (χ2v) is 4.46. The summed E-state index contributed by atoms with van der Waals surface area (Å²) in [6.07, 6.45) is 9.12. The molecule has 1 nitrogen and oxygen atoms in total. The molecule has 0 saturated heterocycles. The third kappa shape index (κ3) is 2.48. The molecule has 1 fully saturated rings. The molecule has 1 heteroatoms. The summed E-state index contributed by atoms with van der Waals surface area (Å²) in [5.74, 6) is 0.869. The Kier molecular flexibility index (Phi) is 3.57. The fourth-order valence-corrected chi connectivity index (χ4v) is 2.44. The lowest BCUT2D eigenvalue weighted by Crippen LogP contribution is -2.38. The van der Waals surface area contributed by atoms with Crippen molar-refractivity contribution in [2.24, 2.45) is 11.7 Å². The van der Waals surface area contributed by atoms with E-state index in [1.165, 1.54) is 44.9 Å². The van der Waals surface area contributed by atoms with E-state index in [1.807, 2.05) is 0 Å². The van der Waals surface area contributed by atoms with Gasteiger partial charge in [-0.3, -0.25) is 0 Å². The first kappa shape index (κ1) is 10.0. The van der Waals surface area contributed by atoms with E-state index in [1.54, 1.807) is 0 Å². The van der Waals surface area contributed by atoms with Gasteiger partial charge in [-0.25, -0.2) is 0 Å². The lowest BCUT2D eigenvalue weighted by Gasteiger charge is -2.28. The first-order chi connectivity index (χ1) is 5.70. The van der Waals surface area contributed by atoms with Crippen LogP contribution >= 0.6 is 0 Å². The minimum absolute atomic E-state index is 0.219. The molecule has 0 heterocycles. The monoisotopic (exact) mass is 169 g/mol. The Morgan fingerprint density at radius 3 is 2.08 bits per heavy atom. The molecule has 1 aliphatic rings. The summed E-state index contributed by atoms with van der Waals surface area (Å²) in [6, 6.07) is 0. The second kappa shape index (κ2) is 4.27. The maximum atomic E-state index is 6.31. The van der Waals surface area contributed by atoms with Crippen molar-refractivity contribution < 1.29 is 0 Å². The minimum atomic E-state index is 0.219. The molecule has 0 aromatic carbocycles. The van der Waals surface area contributed by atoms with Crippen LogP contribution in [-0.4, -0.2) is 5.54 Å². The Bertz CT molecular complexity index is 121. The van der Waals surface area contributed by atoms with Crippen LogP contribution in [0.25, 0.3) is 0 Å². The summed E-state index contributed by atoms with van der Waals surface area (Å²) in [4.78, 5) is 0. The molecule has 1 rings (SSSR count). The Morgan fingerprint density at radius 2 is 1.67 bits per heavy atom. The topological polar surface area (TPSA) is 26.0 Å². The Balaban J connectivity index is 2.36. The highest BCUT2D eigenvalue weighted by molar-refractivity contribution is 4.90. The van der Waals surface area contributed by atoms with E-state index < -0.39 is 0 Å². The van der Waals surface area contributed by atoms with Gasteiger partial charge < -0.3 is 5.73 Å². The van der Waals surface area contributed by atoms with Gasteiger partial charge in [-0.05, 0) is 25.2 Å². The zero-order chi connectivity index (χ0) is 9.03. The molecule has 0 radical (unpaired) electrons. The first-order valence-electron chi connectivity index (χ1n) is 5.49. The van der Waals surface area contributed by atoms with Gasteiger partial charge in [-0.15, -0.1) is 0 Å². The van der Waals surface area contributed by atoms with E-state index in [0.29, 0.717) is 0 Å². The van der Waals surface area contributed by atoms with Gasteiger partial charge in [-0.1, -0.05) is 39.5 Å². The molecule has 0 bridgehead atoms. The average molecular weight is 169 g/mol. The molecule has 0 aromatic rings. The van der Waals surface area contributed by atoms with Crippen molar-refractivity contribution in [1.82, 2.24) is 0 Å². The summed E-state index contributed by atoms with van der Waals surface area (Å²) in [7, 11) is 0. The van der Waals surface area contributed by atoms with Crippen LogP contribution in [-0.2, 0) is 0 Å². The third-order valence-corrected chi connectivity index (χ3v) is 3.45. The van der Waals surface area contributed by atoms with Crippen molar-refractivity contribution in [1.29, 1.82) is 0 Å². The smallest absolute Gasteiger partial charge is 0.0157 e. The predicted octanol–water partition coefficient (Wildman–Crippen LogP) is 3.08. The molecular formula is C11H23N. The Morgan fingerprint density at radius 1 is 1.17 bits per heavy atom. The summed E-state index contributed by atoms with van der Waals surface area (Å²) in [5, 5.41) is 0. The Labute approximate surface area is 76.7 Å². The van der Waals surface area contributed by atoms with Crippen molar-refractivity contribution in [2.45, 2.75) is 64.3 Å². The molecule has 1 aliphatic carbocycles. The predicted molar refractivity (Wildman–Crippen MR) is 54.1 cm³/mol. The molecule has 0 spiro atoms. The summed E-state index contributed by atoms with van der Waals surface area (Å²) >= 11 is 0. The lowest BCUT2D eigenvalue weighted by atomic mass is 9.84. The highest BCUT2D eigenvalue weighted by Crippen LogP contribution is 2.34. The van der Waals surface area contributed by atoms with Crippen LogP contribution in [0.3, 0.4) is 0 Å². The fourth-order valence-electron chi connectivity index (χ4n) is 2.44. The maximum absolute atomic E-state index is 6.31. The SMILES string of the molecule is CCC(CC)CC1(N)CCCC1. The fraction of sp³-hybridized carbons (Fsp3) is 1.00. The molecule has 0 amide bonds. The summed E-state index contributed by atoms with van der Waals surface area (Å²) in [6.45, 7) is 4.57. The molecule has 0 aliphatic heterocycles. The molecule has 2 N–H and O–H groups in total. The molecule has 1 saturated carbocycles. The van der Waals surface area contributed by atoms with Gasteiger partial charge in [-0.2, -0.15) is 0 Å². The van der Waals surface area contributed by atoms with Crippen molar-refractivity contribution in [3.63, 3.8) is 0 Å². The molecule has 72 valence electrons. The zero-order valence-corrected chi connectivity index (χ0v) is 8.60.